The molecule has 0 aromatic heterocycles. The Morgan fingerprint density at radius 3 is 1.96 bits per heavy atom. The molecule has 134 valence electrons. The zero-order chi connectivity index (χ0) is 16.9. The van der Waals surface area contributed by atoms with E-state index in [4.69, 9.17) is 4.74 Å². The summed E-state index contributed by atoms with van der Waals surface area (Å²) < 4.78 is 5.20. The van der Waals surface area contributed by atoms with E-state index in [9.17, 15) is 9.59 Å². The molecule has 0 N–H and O–H groups in total. The van der Waals surface area contributed by atoms with Crippen LogP contribution in [-0.2, 0) is 14.3 Å². The highest BCUT2D eigenvalue weighted by Gasteiger charge is 2.32. The number of carbonyl (C=O) groups is 2. The standard InChI is InChI=1S/C19H35NO3/c1-3-4-5-6-7-8-9-10-11-12-15-23-18(21)16-20(2)19(22)17-13-14-17/h17H,3-16H2,1-2H3. The lowest BCUT2D eigenvalue weighted by molar-refractivity contribution is -0.149. The molecule has 0 aromatic carbocycles. The summed E-state index contributed by atoms with van der Waals surface area (Å²) >= 11 is 0. The molecule has 4 nitrogen and oxygen atoms in total. The van der Waals surface area contributed by atoms with Crippen molar-refractivity contribution in [3.63, 3.8) is 0 Å². The number of carbonyl (C=O) groups excluding carboxylic acids is 2. The van der Waals surface area contributed by atoms with Crippen LogP contribution in [0.25, 0.3) is 0 Å². The van der Waals surface area contributed by atoms with E-state index < -0.39 is 0 Å². The van der Waals surface area contributed by atoms with Crippen LogP contribution in [-0.4, -0.2) is 37.0 Å². The topological polar surface area (TPSA) is 46.6 Å². The first-order valence-electron chi connectivity index (χ1n) is 9.55. The SMILES string of the molecule is CCCCCCCCCCCCOC(=O)CN(C)C(=O)C1CC1. The Kier molecular flexibility index (Phi) is 10.8. The summed E-state index contributed by atoms with van der Waals surface area (Å²) in [6, 6.07) is 0. The number of nitrogens with zero attached hydrogens (tertiary/aromatic N) is 1. The third-order valence-electron chi connectivity index (χ3n) is 4.43. The highest BCUT2D eigenvalue weighted by molar-refractivity contribution is 5.84. The Labute approximate surface area is 141 Å². The Bertz CT molecular complexity index is 340. The first-order chi connectivity index (χ1) is 11.1. The molecule has 4 heteroatoms. The molecule has 1 aliphatic carbocycles. The van der Waals surface area contributed by atoms with Crippen molar-refractivity contribution < 1.29 is 14.3 Å². The summed E-state index contributed by atoms with van der Waals surface area (Å²) in [6.45, 7) is 2.82. The lowest BCUT2D eigenvalue weighted by atomic mass is 10.1. The van der Waals surface area contributed by atoms with Crippen LogP contribution in [0, 0.1) is 5.92 Å². The summed E-state index contributed by atoms with van der Waals surface area (Å²) in [6.07, 6.45) is 14.6. The molecule has 0 aliphatic heterocycles. The van der Waals surface area contributed by atoms with E-state index in [2.05, 4.69) is 6.92 Å². The molecule has 0 saturated heterocycles. The summed E-state index contributed by atoms with van der Waals surface area (Å²) in [4.78, 5) is 24.9. The number of esters is 1. The van der Waals surface area contributed by atoms with Crippen molar-refractivity contribution in [3.05, 3.63) is 0 Å². The van der Waals surface area contributed by atoms with Gasteiger partial charge in [-0.05, 0) is 19.3 Å². The van der Waals surface area contributed by atoms with Crippen molar-refractivity contribution >= 4 is 11.9 Å². The Morgan fingerprint density at radius 1 is 0.913 bits per heavy atom. The Balaban J connectivity index is 1.84. The van der Waals surface area contributed by atoms with Gasteiger partial charge in [0.25, 0.3) is 0 Å². The largest absolute Gasteiger partial charge is 0.464 e. The number of hydrogen-bond donors (Lipinski definition) is 0. The maximum atomic E-state index is 11.7. The van der Waals surface area contributed by atoms with Gasteiger partial charge in [0.05, 0.1) is 6.61 Å². The zero-order valence-corrected chi connectivity index (χ0v) is 15.1. The van der Waals surface area contributed by atoms with Gasteiger partial charge in [0.15, 0.2) is 0 Å². The van der Waals surface area contributed by atoms with Crippen LogP contribution in [0.15, 0.2) is 0 Å². The van der Waals surface area contributed by atoms with Crippen LogP contribution >= 0.6 is 0 Å². The van der Waals surface area contributed by atoms with Crippen molar-refractivity contribution in [2.45, 2.75) is 84.0 Å². The van der Waals surface area contributed by atoms with E-state index >= 15 is 0 Å². The van der Waals surface area contributed by atoms with Gasteiger partial charge in [0.1, 0.15) is 6.54 Å². The summed E-state index contributed by atoms with van der Waals surface area (Å²) in [5.74, 6) is -0.0342. The van der Waals surface area contributed by atoms with Crippen molar-refractivity contribution in [2.24, 2.45) is 5.92 Å². The van der Waals surface area contributed by atoms with Crippen LogP contribution < -0.4 is 0 Å². The van der Waals surface area contributed by atoms with Crippen LogP contribution in [0.2, 0.25) is 0 Å². The van der Waals surface area contributed by atoms with E-state index in [-0.39, 0.29) is 24.3 Å². The average molecular weight is 325 g/mol. The fourth-order valence-electron chi connectivity index (χ4n) is 2.73. The van der Waals surface area contributed by atoms with E-state index in [1.54, 1.807) is 7.05 Å². The van der Waals surface area contributed by atoms with Crippen molar-refractivity contribution in [1.29, 1.82) is 0 Å². The smallest absolute Gasteiger partial charge is 0.325 e. The first kappa shape index (κ1) is 20.0. The van der Waals surface area contributed by atoms with Crippen molar-refractivity contribution in [3.8, 4) is 0 Å². The molecule has 0 unspecified atom stereocenters. The molecule has 0 radical (unpaired) electrons. The van der Waals surface area contributed by atoms with Crippen molar-refractivity contribution in [1.82, 2.24) is 4.90 Å². The number of likely N-dealkylation sites (N-methyl/N-ethyl adjacent to an activating group) is 1. The van der Waals surface area contributed by atoms with Gasteiger partial charge in [-0.1, -0.05) is 64.7 Å². The van der Waals surface area contributed by atoms with E-state index in [1.165, 1.54) is 56.3 Å². The molecule has 0 atom stereocenters. The fourth-order valence-corrected chi connectivity index (χ4v) is 2.73. The minimum absolute atomic E-state index is 0.0842. The Morgan fingerprint density at radius 2 is 1.43 bits per heavy atom. The summed E-state index contributed by atoms with van der Waals surface area (Å²) in [5.41, 5.74) is 0. The van der Waals surface area contributed by atoms with E-state index in [0.717, 1.165) is 25.7 Å². The fraction of sp³-hybridized carbons (Fsp3) is 0.895. The van der Waals surface area contributed by atoms with Gasteiger partial charge in [0.2, 0.25) is 5.91 Å². The lowest BCUT2D eigenvalue weighted by Gasteiger charge is -2.15. The van der Waals surface area contributed by atoms with E-state index in [1.807, 2.05) is 0 Å². The molecule has 0 spiro atoms. The van der Waals surface area contributed by atoms with Gasteiger partial charge >= 0.3 is 5.97 Å². The molecular weight excluding hydrogens is 290 g/mol. The maximum Gasteiger partial charge on any atom is 0.325 e. The number of amides is 1. The van der Waals surface area contributed by atoms with Gasteiger partial charge in [-0.3, -0.25) is 9.59 Å². The number of hydrogen-bond acceptors (Lipinski definition) is 3. The third kappa shape index (κ3) is 10.4. The quantitative estimate of drug-likeness (QED) is 0.353. The molecule has 1 rings (SSSR count). The van der Waals surface area contributed by atoms with Crippen LogP contribution in [0.4, 0.5) is 0 Å². The number of unbranched alkanes of at least 4 members (excludes halogenated alkanes) is 9. The average Bonchev–Trinajstić information content (AvgIpc) is 3.36. The second-order valence-electron chi connectivity index (χ2n) is 6.87. The molecule has 0 heterocycles. The first-order valence-corrected chi connectivity index (χ1v) is 9.55. The van der Waals surface area contributed by atoms with Gasteiger partial charge in [-0.2, -0.15) is 0 Å². The highest BCUT2D eigenvalue weighted by Crippen LogP contribution is 2.30. The third-order valence-corrected chi connectivity index (χ3v) is 4.43. The normalized spacial score (nSPS) is 13.8. The van der Waals surface area contributed by atoms with Gasteiger partial charge in [0, 0.05) is 13.0 Å². The molecule has 1 aliphatic rings. The molecule has 0 bridgehead atoms. The molecule has 0 aromatic rings. The van der Waals surface area contributed by atoms with Crippen LogP contribution in [0.1, 0.15) is 84.0 Å². The van der Waals surface area contributed by atoms with Gasteiger partial charge < -0.3 is 9.64 Å². The van der Waals surface area contributed by atoms with Gasteiger partial charge in [-0.15, -0.1) is 0 Å². The summed E-state index contributed by atoms with van der Waals surface area (Å²) in [7, 11) is 1.68. The Hall–Kier alpha value is -1.06. The van der Waals surface area contributed by atoms with Crippen LogP contribution in [0.5, 0.6) is 0 Å². The zero-order valence-electron chi connectivity index (χ0n) is 15.1. The number of ether oxygens (including phenoxy) is 1. The predicted octanol–water partition coefficient (Wildman–Crippen LogP) is 4.32. The van der Waals surface area contributed by atoms with Gasteiger partial charge in [-0.25, -0.2) is 0 Å². The highest BCUT2D eigenvalue weighted by atomic mass is 16.5. The molecule has 1 amide bonds. The second kappa shape index (κ2) is 12.4. The second-order valence-corrected chi connectivity index (χ2v) is 6.87. The van der Waals surface area contributed by atoms with Crippen molar-refractivity contribution in [2.75, 3.05) is 20.2 Å². The van der Waals surface area contributed by atoms with Crippen LogP contribution in [0.3, 0.4) is 0 Å². The predicted molar refractivity (Wildman–Crippen MR) is 93.2 cm³/mol. The number of rotatable bonds is 14. The summed E-state index contributed by atoms with van der Waals surface area (Å²) in [5, 5.41) is 0. The monoisotopic (exact) mass is 325 g/mol. The van der Waals surface area contributed by atoms with E-state index in [0.29, 0.717) is 6.61 Å². The maximum absolute atomic E-state index is 11.7. The molecule has 1 fully saturated rings. The lowest BCUT2D eigenvalue weighted by Crippen LogP contribution is -2.34. The molecule has 23 heavy (non-hydrogen) atoms. The minimum Gasteiger partial charge on any atom is -0.464 e. The molecular formula is C19H35NO3. The minimum atomic E-state index is -0.280. The molecule has 1 saturated carbocycles.